The molecule has 0 radical (unpaired) electrons. The number of hydrogen-bond donors (Lipinski definition) is 2. The first-order valence-corrected chi connectivity index (χ1v) is 17.0. The highest BCUT2D eigenvalue weighted by molar-refractivity contribution is 5.90. The quantitative estimate of drug-likeness (QED) is 0.0580. The maximum atomic E-state index is 11.6. The van der Waals surface area contributed by atoms with Crippen molar-refractivity contribution in [1.29, 1.82) is 0 Å². The molecule has 1 rings (SSSR count). The van der Waals surface area contributed by atoms with Crippen LogP contribution >= 0.6 is 0 Å². The lowest BCUT2D eigenvalue weighted by atomic mass is 10.0. The summed E-state index contributed by atoms with van der Waals surface area (Å²) in [6, 6.07) is 0. The van der Waals surface area contributed by atoms with Crippen LogP contribution in [0.5, 0.6) is 0 Å². The smallest absolute Gasteiger partial charge is 0.334 e. The molecule has 0 spiro atoms. The molecule has 4 heteroatoms. The average molecular weight is 549 g/mol. The standard InChI is InChI=1S/C35H64O4/c1-3-4-5-6-7-8-9-10-11-12-13-14-15-19-22-25-28-33(36)34(37)29-26-23-20-17-16-18-21-24-27-32-30-31(2)39-35(32)38/h19,22,30-31,33-34,36-37H,3-18,20-21,23-29H2,1-2H3/b22-19-. The predicted octanol–water partition coefficient (Wildman–Crippen LogP) is 9.91. The van der Waals surface area contributed by atoms with Crippen LogP contribution in [0.15, 0.2) is 23.8 Å². The van der Waals surface area contributed by atoms with E-state index in [9.17, 15) is 15.0 Å². The number of aliphatic hydroxyl groups excluding tert-OH is 2. The molecule has 0 amide bonds. The van der Waals surface area contributed by atoms with Gasteiger partial charge in [0.2, 0.25) is 0 Å². The largest absolute Gasteiger partial charge is 0.455 e. The van der Waals surface area contributed by atoms with Crippen molar-refractivity contribution in [3.63, 3.8) is 0 Å². The Morgan fingerprint density at radius 2 is 1.13 bits per heavy atom. The Morgan fingerprint density at radius 1 is 0.667 bits per heavy atom. The molecule has 0 aliphatic carbocycles. The predicted molar refractivity (Wildman–Crippen MR) is 166 cm³/mol. The summed E-state index contributed by atoms with van der Waals surface area (Å²) in [4.78, 5) is 11.6. The number of aliphatic hydroxyl groups is 2. The van der Waals surface area contributed by atoms with Gasteiger partial charge >= 0.3 is 5.97 Å². The Balaban J connectivity index is 1.82. The number of hydrogen-bond acceptors (Lipinski definition) is 4. The maximum absolute atomic E-state index is 11.6. The van der Waals surface area contributed by atoms with Gasteiger partial charge in [0.25, 0.3) is 0 Å². The van der Waals surface area contributed by atoms with E-state index in [0.29, 0.717) is 12.8 Å². The average Bonchev–Trinajstić information content (AvgIpc) is 3.25. The summed E-state index contributed by atoms with van der Waals surface area (Å²) in [6.07, 6.45) is 35.2. The number of rotatable bonds is 28. The molecule has 3 unspecified atom stereocenters. The molecule has 0 bridgehead atoms. The monoisotopic (exact) mass is 548 g/mol. The van der Waals surface area contributed by atoms with Gasteiger partial charge in [0.1, 0.15) is 6.10 Å². The van der Waals surface area contributed by atoms with Gasteiger partial charge < -0.3 is 14.9 Å². The summed E-state index contributed by atoms with van der Waals surface area (Å²) in [5.74, 6) is -0.128. The molecular formula is C35H64O4. The van der Waals surface area contributed by atoms with Crippen LogP contribution < -0.4 is 0 Å². The third-order valence-electron chi connectivity index (χ3n) is 8.15. The first-order valence-electron chi connectivity index (χ1n) is 17.0. The number of cyclic esters (lactones) is 1. The van der Waals surface area contributed by atoms with Crippen molar-refractivity contribution < 1.29 is 19.7 Å². The van der Waals surface area contributed by atoms with Gasteiger partial charge in [0.15, 0.2) is 0 Å². The number of carbonyl (C=O) groups excluding carboxylic acids is 1. The summed E-state index contributed by atoms with van der Waals surface area (Å²) in [5.41, 5.74) is 0.856. The second-order valence-electron chi connectivity index (χ2n) is 12.0. The maximum Gasteiger partial charge on any atom is 0.334 e. The fraction of sp³-hybridized carbons (Fsp3) is 0.857. The lowest BCUT2D eigenvalue weighted by Crippen LogP contribution is -2.25. The Hall–Kier alpha value is -1.13. The molecule has 0 saturated heterocycles. The Morgan fingerprint density at radius 3 is 1.67 bits per heavy atom. The summed E-state index contributed by atoms with van der Waals surface area (Å²) in [5, 5.41) is 20.5. The van der Waals surface area contributed by atoms with Crippen LogP contribution in [-0.4, -0.2) is 34.5 Å². The third kappa shape index (κ3) is 21.3. The van der Waals surface area contributed by atoms with E-state index in [1.807, 2.05) is 13.0 Å². The molecule has 0 aromatic rings. The van der Waals surface area contributed by atoms with Gasteiger partial charge in [0, 0.05) is 5.57 Å². The van der Waals surface area contributed by atoms with Crippen LogP contribution in [0.2, 0.25) is 0 Å². The first-order chi connectivity index (χ1) is 19.0. The van der Waals surface area contributed by atoms with Crippen molar-refractivity contribution >= 4 is 5.97 Å². The minimum absolute atomic E-state index is 0.0530. The number of ether oxygens (including phenoxy) is 1. The third-order valence-corrected chi connectivity index (χ3v) is 8.15. The van der Waals surface area contributed by atoms with Gasteiger partial charge in [-0.1, -0.05) is 135 Å². The van der Waals surface area contributed by atoms with Crippen molar-refractivity contribution in [1.82, 2.24) is 0 Å². The van der Waals surface area contributed by atoms with E-state index < -0.39 is 12.2 Å². The molecule has 0 aromatic carbocycles. The van der Waals surface area contributed by atoms with Crippen LogP contribution in [0, 0.1) is 0 Å². The van der Waals surface area contributed by atoms with Crippen molar-refractivity contribution in [3.05, 3.63) is 23.8 Å². The lowest BCUT2D eigenvalue weighted by Gasteiger charge is -2.17. The van der Waals surface area contributed by atoms with Gasteiger partial charge in [-0.15, -0.1) is 0 Å². The van der Waals surface area contributed by atoms with Crippen LogP contribution in [0.4, 0.5) is 0 Å². The van der Waals surface area contributed by atoms with Gasteiger partial charge in [-0.25, -0.2) is 4.79 Å². The summed E-state index contributed by atoms with van der Waals surface area (Å²) >= 11 is 0. The minimum atomic E-state index is -0.600. The molecular weight excluding hydrogens is 484 g/mol. The Bertz CT molecular complexity index is 626. The zero-order valence-corrected chi connectivity index (χ0v) is 25.9. The Labute approximate surface area is 242 Å². The number of allylic oxidation sites excluding steroid dienone is 2. The molecule has 1 aliphatic heterocycles. The van der Waals surface area contributed by atoms with E-state index in [1.165, 1.54) is 103 Å². The summed E-state index contributed by atoms with van der Waals surface area (Å²) in [7, 11) is 0. The van der Waals surface area contributed by atoms with Crippen LogP contribution in [0.3, 0.4) is 0 Å². The Kier molecular flexibility index (Phi) is 23.8. The van der Waals surface area contributed by atoms with Crippen LogP contribution in [0.1, 0.15) is 174 Å². The molecule has 228 valence electrons. The fourth-order valence-electron chi connectivity index (χ4n) is 5.54. The van der Waals surface area contributed by atoms with Gasteiger partial charge in [-0.3, -0.25) is 0 Å². The highest BCUT2D eigenvalue weighted by Gasteiger charge is 2.21. The fourth-order valence-corrected chi connectivity index (χ4v) is 5.54. The molecule has 1 aliphatic rings. The lowest BCUT2D eigenvalue weighted by molar-refractivity contribution is -0.139. The molecule has 4 nitrogen and oxygen atoms in total. The summed E-state index contributed by atoms with van der Waals surface area (Å²) < 4.78 is 5.13. The van der Waals surface area contributed by atoms with Crippen molar-refractivity contribution in [2.24, 2.45) is 0 Å². The number of carbonyl (C=O) groups is 1. The first kappa shape index (κ1) is 35.9. The molecule has 0 aromatic heterocycles. The second kappa shape index (κ2) is 25.8. The number of esters is 1. The van der Waals surface area contributed by atoms with Crippen LogP contribution in [-0.2, 0) is 9.53 Å². The molecule has 2 N–H and O–H groups in total. The zero-order valence-electron chi connectivity index (χ0n) is 25.9. The SMILES string of the molecule is CCCCCCCCCCCCCC/C=C\CCC(O)C(O)CCCCCCCCCCC1=CC(C)OC1=O. The van der Waals surface area contributed by atoms with Crippen LogP contribution in [0.25, 0.3) is 0 Å². The second-order valence-corrected chi connectivity index (χ2v) is 12.0. The topological polar surface area (TPSA) is 66.8 Å². The minimum Gasteiger partial charge on any atom is -0.455 e. The highest BCUT2D eigenvalue weighted by atomic mass is 16.5. The molecule has 1 heterocycles. The van der Waals surface area contributed by atoms with Crippen molar-refractivity contribution in [2.45, 2.75) is 193 Å². The molecule has 39 heavy (non-hydrogen) atoms. The molecule has 3 atom stereocenters. The number of unbranched alkanes of at least 4 members (excludes halogenated alkanes) is 19. The van der Waals surface area contributed by atoms with Crippen molar-refractivity contribution in [2.75, 3.05) is 0 Å². The van der Waals surface area contributed by atoms with Crippen molar-refractivity contribution in [3.8, 4) is 0 Å². The van der Waals surface area contributed by atoms with E-state index >= 15 is 0 Å². The summed E-state index contributed by atoms with van der Waals surface area (Å²) in [6.45, 7) is 4.19. The van der Waals surface area contributed by atoms with Gasteiger partial charge in [-0.2, -0.15) is 0 Å². The van der Waals surface area contributed by atoms with Gasteiger partial charge in [0.05, 0.1) is 12.2 Å². The molecule has 0 saturated carbocycles. The van der Waals surface area contributed by atoms with E-state index in [2.05, 4.69) is 19.1 Å². The van der Waals surface area contributed by atoms with E-state index in [-0.39, 0.29) is 12.1 Å². The van der Waals surface area contributed by atoms with Gasteiger partial charge in [-0.05, 0) is 57.9 Å². The van der Waals surface area contributed by atoms with E-state index in [0.717, 1.165) is 50.5 Å². The molecule has 0 fully saturated rings. The highest BCUT2D eigenvalue weighted by Crippen LogP contribution is 2.20. The van der Waals surface area contributed by atoms with E-state index in [1.54, 1.807) is 0 Å². The van der Waals surface area contributed by atoms with E-state index in [4.69, 9.17) is 4.74 Å². The zero-order chi connectivity index (χ0) is 28.4. The normalized spacial score (nSPS) is 17.1.